The summed E-state index contributed by atoms with van der Waals surface area (Å²) in [6.07, 6.45) is 1.07. The zero-order valence-electron chi connectivity index (χ0n) is 29.0. The third kappa shape index (κ3) is 8.17. The zero-order valence-corrected chi connectivity index (χ0v) is 29.8. The third-order valence-corrected chi connectivity index (χ3v) is 9.92. The highest BCUT2D eigenvalue weighted by Gasteiger charge is 2.24. The fourth-order valence-electron chi connectivity index (χ4n) is 6.23. The van der Waals surface area contributed by atoms with Crippen LogP contribution in [0.5, 0.6) is 5.75 Å². The van der Waals surface area contributed by atoms with Crippen LogP contribution in [0.1, 0.15) is 49.5 Å². The molecular formula is C39H44N4O6S. The Kier molecular flexibility index (Phi) is 10.8. The van der Waals surface area contributed by atoms with E-state index in [-0.39, 0.29) is 24.0 Å². The lowest BCUT2D eigenvalue weighted by molar-refractivity contribution is 0.0484. The second-order valence-electron chi connectivity index (χ2n) is 13.5. The van der Waals surface area contributed by atoms with Crippen molar-refractivity contribution in [3.63, 3.8) is 0 Å². The Balaban J connectivity index is 1.21. The fourth-order valence-corrected chi connectivity index (χ4v) is 7.14. The van der Waals surface area contributed by atoms with Gasteiger partial charge in [-0.25, -0.2) is 9.59 Å². The van der Waals surface area contributed by atoms with E-state index in [9.17, 15) is 14.4 Å². The average Bonchev–Trinajstić information content (AvgIpc) is 3.65. The fraction of sp³-hybridized carbons (Fsp3) is 0.359. The van der Waals surface area contributed by atoms with Crippen LogP contribution in [0.15, 0.2) is 72.8 Å². The molecule has 1 atom stereocenters. The number of methoxy groups -OCH3 is 1. The van der Waals surface area contributed by atoms with Gasteiger partial charge in [-0.05, 0) is 70.7 Å². The number of thioether (sulfide) groups is 1. The maximum Gasteiger partial charge on any atom is 0.411 e. The average molecular weight is 697 g/mol. The molecule has 2 aliphatic rings. The van der Waals surface area contributed by atoms with Crippen LogP contribution in [0.3, 0.4) is 0 Å². The van der Waals surface area contributed by atoms with Gasteiger partial charge >= 0.3 is 12.1 Å². The number of urea groups is 1. The molecule has 0 aromatic heterocycles. The van der Waals surface area contributed by atoms with Crippen LogP contribution in [-0.4, -0.2) is 74.0 Å². The molecule has 10 nitrogen and oxygen atoms in total. The molecule has 2 heterocycles. The van der Waals surface area contributed by atoms with E-state index in [1.54, 1.807) is 0 Å². The Morgan fingerprint density at radius 1 is 0.880 bits per heavy atom. The molecule has 2 aliphatic heterocycles. The van der Waals surface area contributed by atoms with Crippen molar-refractivity contribution in [2.45, 2.75) is 45.1 Å². The van der Waals surface area contributed by atoms with Crippen LogP contribution in [0.25, 0.3) is 21.9 Å². The van der Waals surface area contributed by atoms with Crippen LogP contribution in [0, 0.1) is 0 Å². The van der Waals surface area contributed by atoms with E-state index in [1.807, 2.05) is 110 Å². The number of nitrogens with one attached hydrogen (secondary N) is 3. The number of nitrogens with zero attached hydrogens (tertiary/aromatic N) is 1. The van der Waals surface area contributed by atoms with Gasteiger partial charge in [0, 0.05) is 42.2 Å². The molecule has 11 heteroatoms. The minimum atomic E-state index is -0.630. The summed E-state index contributed by atoms with van der Waals surface area (Å²) in [6, 6.07) is 22.7. The second kappa shape index (κ2) is 15.4. The van der Waals surface area contributed by atoms with E-state index in [0.29, 0.717) is 35.0 Å². The monoisotopic (exact) mass is 696 g/mol. The van der Waals surface area contributed by atoms with Gasteiger partial charge in [0.25, 0.3) is 5.91 Å². The lowest BCUT2D eigenvalue weighted by Gasteiger charge is -2.26. The number of anilines is 3. The molecule has 0 aliphatic carbocycles. The van der Waals surface area contributed by atoms with Gasteiger partial charge in [-0.3, -0.25) is 10.1 Å². The van der Waals surface area contributed by atoms with E-state index in [1.165, 1.54) is 7.11 Å². The summed E-state index contributed by atoms with van der Waals surface area (Å²) in [4.78, 5) is 41.3. The molecule has 0 spiro atoms. The standard InChI is InChI=1S/C39H44N4O6S/c1-39(2,3)27-22-33(35(47-4)34(23-27)42-38(46)49-24-28-8-7-19-48-28)41-37(45)40-32-16-15-29(30-9-5-6-10-31(30)32)25-11-13-26(14-12-25)36(44)43-17-20-50-21-18-43/h5-6,9-16,22-23,28H,7-8,17-21,24H2,1-4H3,(H,42,46)(H2,40,41,45). The molecule has 4 amide bonds. The molecule has 4 aromatic carbocycles. The van der Waals surface area contributed by atoms with Crippen molar-refractivity contribution in [3.05, 3.63) is 83.9 Å². The molecule has 1 unspecified atom stereocenters. The number of hydrogen-bond donors (Lipinski definition) is 3. The molecule has 0 saturated carbocycles. The van der Waals surface area contributed by atoms with Gasteiger partial charge in [0.1, 0.15) is 6.61 Å². The van der Waals surface area contributed by atoms with Gasteiger partial charge < -0.3 is 29.7 Å². The summed E-state index contributed by atoms with van der Waals surface area (Å²) in [6.45, 7) is 8.52. The number of carbonyl (C=O) groups excluding carboxylic acids is 3. The summed E-state index contributed by atoms with van der Waals surface area (Å²) in [5, 5.41) is 10.6. The second-order valence-corrected chi connectivity index (χ2v) is 14.7. The van der Waals surface area contributed by atoms with E-state index in [0.717, 1.165) is 64.9 Å². The Morgan fingerprint density at radius 2 is 1.56 bits per heavy atom. The van der Waals surface area contributed by atoms with E-state index >= 15 is 0 Å². The van der Waals surface area contributed by atoms with Crippen LogP contribution < -0.4 is 20.7 Å². The SMILES string of the molecule is COc1c(NC(=O)Nc2ccc(-c3ccc(C(=O)N4CCSCC4)cc3)c3ccccc23)cc(C(C)(C)C)cc1NC(=O)OCC1CCCO1. The summed E-state index contributed by atoms with van der Waals surface area (Å²) in [5.41, 5.74) is 4.61. The smallest absolute Gasteiger partial charge is 0.411 e. The van der Waals surface area contributed by atoms with Gasteiger partial charge in [0.15, 0.2) is 5.75 Å². The van der Waals surface area contributed by atoms with Crippen molar-refractivity contribution in [3.8, 4) is 16.9 Å². The highest BCUT2D eigenvalue weighted by Crippen LogP contribution is 2.39. The normalized spacial score (nSPS) is 16.2. The Labute approximate surface area is 297 Å². The molecule has 50 heavy (non-hydrogen) atoms. The molecule has 262 valence electrons. The van der Waals surface area contributed by atoms with Crippen LogP contribution >= 0.6 is 11.8 Å². The Bertz CT molecular complexity index is 1860. The number of hydrogen-bond acceptors (Lipinski definition) is 7. The van der Waals surface area contributed by atoms with Crippen LogP contribution in [0.4, 0.5) is 26.7 Å². The molecule has 4 aromatic rings. The first-order chi connectivity index (χ1) is 24.1. The Hall–Kier alpha value is -4.74. The highest BCUT2D eigenvalue weighted by atomic mass is 32.2. The molecular weight excluding hydrogens is 653 g/mol. The molecule has 2 saturated heterocycles. The van der Waals surface area contributed by atoms with Crippen molar-refractivity contribution >= 4 is 57.6 Å². The predicted molar refractivity (Wildman–Crippen MR) is 201 cm³/mol. The van der Waals surface area contributed by atoms with Gasteiger partial charge in [0.2, 0.25) is 0 Å². The third-order valence-electron chi connectivity index (χ3n) is 8.98. The number of rotatable bonds is 8. The van der Waals surface area contributed by atoms with Crippen LogP contribution in [0.2, 0.25) is 0 Å². The molecule has 0 bridgehead atoms. The topological polar surface area (TPSA) is 118 Å². The van der Waals surface area contributed by atoms with Crippen molar-refractivity contribution in [1.29, 1.82) is 0 Å². The largest absolute Gasteiger partial charge is 0.492 e. The summed E-state index contributed by atoms with van der Waals surface area (Å²) < 4.78 is 16.7. The van der Waals surface area contributed by atoms with Gasteiger partial charge in [0.05, 0.1) is 30.3 Å². The molecule has 3 N–H and O–H groups in total. The van der Waals surface area contributed by atoms with Crippen molar-refractivity contribution < 1.29 is 28.6 Å². The Morgan fingerprint density at radius 3 is 2.22 bits per heavy atom. The summed E-state index contributed by atoms with van der Waals surface area (Å²) in [7, 11) is 1.49. The minimum absolute atomic E-state index is 0.0641. The van der Waals surface area contributed by atoms with Gasteiger partial charge in [-0.15, -0.1) is 0 Å². The minimum Gasteiger partial charge on any atom is -0.492 e. The highest BCUT2D eigenvalue weighted by molar-refractivity contribution is 7.99. The van der Waals surface area contributed by atoms with Crippen LogP contribution in [-0.2, 0) is 14.9 Å². The number of carbonyl (C=O) groups is 3. The van der Waals surface area contributed by atoms with Gasteiger partial charge in [-0.1, -0.05) is 63.2 Å². The lowest BCUT2D eigenvalue weighted by Crippen LogP contribution is -2.37. The maximum atomic E-state index is 13.6. The summed E-state index contributed by atoms with van der Waals surface area (Å²) in [5.74, 6) is 2.30. The maximum absolute atomic E-state index is 13.6. The molecule has 6 rings (SSSR count). The van der Waals surface area contributed by atoms with Gasteiger partial charge in [-0.2, -0.15) is 11.8 Å². The van der Waals surface area contributed by atoms with E-state index < -0.39 is 12.1 Å². The number of amides is 4. The lowest BCUT2D eigenvalue weighted by atomic mass is 9.86. The first-order valence-electron chi connectivity index (χ1n) is 17.0. The van der Waals surface area contributed by atoms with E-state index in [2.05, 4.69) is 16.0 Å². The van der Waals surface area contributed by atoms with Crippen molar-refractivity contribution in [2.75, 3.05) is 60.9 Å². The number of fused-ring (bicyclic) bond motifs is 1. The van der Waals surface area contributed by atoms with E-state index in [4.69, 9.17) is 14.2 Å². The number of ether oxygens (including phenoxy) is 3. The first-order valence-corrected chi connectivity index (χ1v) is 18.1. The van der Waals surface area contributed by atoms with Crippen molar-refractivity contribution in [2.24, 2.45) is 0 Å². The molecule has 0 radical (unpaired) electrons. The zero-order chi connectivity index (χ0) is 35.3. The predicted octanol–water partition coefficient (Wildman–Crippen LogP) is 8.37. The van der Waals surface area contributed by atoms with Crippen molar-refractivity contribution in [1.82, 2.24) is 4.90 Å². The molecule has 2 fully saturated rings. The number of benzene rings is 4. The summed E-state index contributed by atoms with van der Waals surface area (Å²) >= 11 is 1.88. The quantitative estimate of drug-likeness (QED) is 0.169. The first kappa shape index (κ1) is 35.1.